The van der Waals surface area contributed by atoms with Crippen molar-refractivity contribution >= 4 is 6.88 Å². The zero-order chi connectivity index (χ0) is 14.2. The molecule has 0 aliphatic heterocycles. The molecule has 0 aromatic heterocycles. The van der Waals surface area contributed by atoms with Gasteiger partial charge in [-0.1, -0.05) is 51.4 Å². The van der Waals surface area contributed by atoms with E-state index in [0.29, 0.717) is 0 Å². The van der Waals surface area contributed by atoms with Crippen molar-refractivity contribution in [1.82, 2.24) is 0 Å². The van der Waals surface area contributed by atoms with Crippen LogP contribution in [0.4, 0.5) is 0 Å². The van der Waals surface area contributed by atoms with E-state index in [1.165, 1.54) is 74.7 Å². The largest absolute Gasteiger partial charge is 0.210 e. The van der Waals surface area contributed by atoms with Gasteiger partial charge in [0.1, 0.15) is 0 Å². The van der Waals surface area contributed by atoms with E-state index in [9.17, 15) is 0 Å². The van der Waals surface area contributed by atoms with E-state index in [0.717, 1.165) is 0 Å². The Morgan fingerprint density at radius 2 is 1.00 bits per heavy atom. The second-order valence-electron chi connectivity index (χ2n) is 5.57. The van der Waals surface area contributed by atoms with Crippen molar-refractivity contribution in [2.24, 2.45) is 0 Å². The first-order valence-corrected chi connectivity index (χ1v) is 11.8. The van der Waals surface area contributed by atoms with Crippen LogP contribution in [0.5, 0.6) is 0 Å². The molecule has 2 aliphatic carbocycles. The fraction of sp³-hybridized carbons (Fsp3) is 0.381. The molecular formula is C21H31SiZr-5. The molecule has 0 fully saturated rings. The third-order valence-electron chi connectivity index (χ3n) is 4.30. The van der Waals surface area contributed by atoms with Gasteiger partial charge < -0.3 is 22.3 Å². The number of hydrogen-bond acceptors (Lipinski definition) is 0. The smallest absolute Gasteiger partial charge is 0.0512 e. The van der Waals surface area contributed by atoms with Crippen LogP contribution in [-0.2, 0) is 49.0 Å². The van der Waals surface area contributed by atoms with Crippen molar-refractivity contribution in [2.45, 2.75) is 51.4 Å². The second kappa shape index (κ2) is 14.2. The van der Waals surface area contributed by atoms with Crippen LogP contribution < -0.4 is 0 Å². The van der Waals surface area contributed by atoms with Crippen LogP contribution in [0, 0.1) is 22.3 Å². The van der Waals surface area contributed by atoms with Gasteiger partial charge in [-0.2, -0.15) is 46.5 Å². The molecule has 0 spiro atoms. The van der Waals surface area contributed by atoms with Crippen LogP contribution in [0.2, 0.25) is 0 Å². The fourth-order valence-corrected chi connectivity index (χ4v) is 3.23. The van der Waals surface area contributed by atoms with E-state index in [4.69, 9.17) is 0 Å². The summed E-state index contributed by atoms with van der Waals surface area (Å²) in [5, 5.41) is 0. The van der Waals surface area contributed by atoms with E-state index in [2.05, 4.69) is 43.3 Å². The van der Waals surface area contributed by atoms with Crippen molar-refractivity contribution in [1.29, 1.82) is 0 Å². The Kier molecular flexibility index (Phi) is 15.4. The number of aryl methyl sites for hydroxylation is 4. The van der Waals surface area contributed by atoms with Gasteiger partial charge in [0.15, 0.2) is 0 Å². The molecule has 0 heterocycles. The Hall–Kier alpha value is -0.200. The summed E-state index contributed by atoms with van der Waals surface area (Å²) >= 11 is 1.36. The summed E-state index contributed by atoms with van der Waals surface area (Å²) in [6.07, 6.45) is 10.9. The fourth-order valence-electron chi connectivity index (χ4n) is 3.23. The van der Waals surface area contributed by atoms with Gasteiger partial charge in [0.05, 0.1) is 0 Å². The first-order valence-electron chi connectivity index (χ1n) is 7.65. The van der Waals surface area contributed by atoms with Crippen LogP contribution in [0.1, 0.15) is 47.9 Å². The van der Waals surface area contributed by atoms with E-state index in [1.54, 1.807) is 22.3 Å². The Labute approximate surface area is 162 Å². The van der Waals surface area contributed by atoms with Gasteiger partial charge in [-0.15, -0.1) is 0 Å². The van der Waals surface area contributed by atoms with Crippen LogP contribution in [0.3, 0.4) is 0 Å². The molecule has 2 aromatic rings. The summed E-state index contributed by atoms with van der Waals surface area (Å²) in [6.45, 7) is 3.06. The average molecular weight is 403 g/mol. The van der Waals surface area contributed by atoms with Crippen molar-refractivity contribution in [3.05, 3.63) is 80.9 Å². The molecule has 2 heteroatoms. The minimum Gasteiger partial charge on any atom is -0.210 e. The summed E-state index contributed by atoms with van der Waals surface area (Å²) in [4.78, 5) is 0. The quantitative estimate of drug-likeness (QED) is 0.401. The van der Waals surface area contributed by atoms with Crippen LogP contribution >= 0.6 is 0 Å². The molecule has 128 valence electrons. The van der Waals surface area contributed by atoms with Gasteiger partial charge in [-0.05, 0) is 0 Å². The van der Waals surface area contributed by atoms with Gasteiger partial charge in [0.25, 0.3) is 0 Å². The molecule has 2 aromatic carbocycles. The second-order valence-corrected chi connectivity index (χ2v) is 5.57. The molecule has 0 saturated carbocycles. The summed E-state index contributed by atoms with van der Waals surface area (Å²) in [5.74, 6) is 0. The summed E-state index contributed by atoms with van der Waals surface area (Å²) in [6, 6.07) is 13.4. The summed E-state index contributed by atoms with van der Waals surface area (Å²) < 4.78 is 0. The van der Waals surface area contributed by atoms with Crippen molar-refractivity contribution in [2.75, 3.05) is 0 Å². The van der Waals surface area contributed by atoms with Gasteiger partial charge in [-0.3, -0.25) is 0 Å². The first-order chi connectivity index (χ1) is 9.93. The van der Waals surface area contributed by atoms with Gasteiger partial charge in [-0.25, -0.2) is 12.1 Å². The maximum Gasteiger partial charge on any atom is -0.0512 e. The molecule has 23 heavy (non-hydrogen) atoms. The van der Waals surface area contributed by atoms with Crippen molar-refractivity contribution < 1.29 is 23.3 Å². The molecule has 0 nitrogen and oxygen atoms in total. The monoisotopic (exact) mass is 401 g/mol. The Bertz CT molecular complexity index is 422. The molecule has 0 bridgehead atoms. The minimum absolute atomic E-state index is 0. The van der Waals surface area contributed by atoms with E-state index in [-0.39, 0.29) is 22.3 Å². The molecular weight excluding hydrogens is 372 g/mol. The minimum atomic E-state index is 0. The van der Waals surface area contributed by atoms with Gasteiger partial charge >= 0.3 is 30.2 Å². The predicted molar refractivity (Wildman–Crippen MR) is 102 cm³/mol. The van der Waals surface area contributed by atoms with Crippen LogP contribution in [0.15, 0.2) is 36.4 Å². The summed E-state index contributed by atoms with van der Waals surface area (Å²) in [5.41, 5.74) is 6.39. The van der Waals surface area contributed by atoms with E-state index >= 15 is 0 Å². The Balaban J connectivity index is 0. The maximum atomic E-state index is 3.06. The third-order valence-corrected chi connectivity index (χ3v) is 4.30. The third kappa shape index (κ3) is 7.48. The average Bonchev–Trinajstić information content (AvgIpc) is 3.18. The van der Waals surface area contributed by atoms with Crippen LogP contribution in [-0.4, -0.2) is 6.88 Å². The Morgan fingerprint density at radius 3 is 1.35 bits per heavy atom. The van der Waals surface area contributed by atoms with Crippen molar-refractivity contribution in [3.8, 4) is 0 Å². The molecule has 0 N–H and O–H groups in total. The molecule has 0 atom stereocenters. The molecule has 0 unspecified atom stereocenters. The molecule has 4 rings (SSSR count). The molecule has 0 saturated heterocycles. The SMILES string of the molecule is [CH3-].[CH3-].[CH3-].[Si]=[Zr].c1cc2c([cH-]1)CCCC2.c1cc2c([cH-]1)CCCC2. The number of hydrogen-bond donors (Lipinski definition) is 0. The standard InChI is InChI=1S/2C9H11.3CH3.Si.Zr/c2*1-2-5-9-7-3-6-8(9)4-1;;;;;/h2*3,6-7H,1-2,4-5H2;3*1H3;;/q5*-1;;. The Morgan fingerprint density at radius 1 is 0.652 bits per heavy atom. The molecule has 2 aliphatic rings. The van der Waals surface area contributed by atoms with Crippen LogP contribution in [0.25, 0.3) is 0 Å². The summed E-state index contributed by atoms with van der Waals surface area (Å²) in [7, 11) is 0. The zero-order valence-electron chi connectivity index (χ0n) is 15.1. The predicted octanol–water partition coefficient (Wildman–Crippen LogP) is 5.54. The maximum absolute atomic E-state index is 3.06. The first kappa shape index (κ1) is 25.0. The van der Waals surface area contributed by atoms with Gasteiger partial charge in [0, 0.05) is 0 Å². The number of fused-ring (bicyclic) bond motifs is 2. The van der Waals surface area contributed by atoms with Gasteiger partial charge in [0.2, 0.25) is 0 Å². The van der Waals surface area contributed by atoms with E-state index < -0.39 is 0 Å². The molecule has 2 radical (unpaired) electrons. The number of rotatable bonds is 0. The normalized spacial score (nSPS) is 13.7. The van der Waals surface area contributed by atoms with E-state index in [1.807, 2.05) is 0 Å². The zero-order valence-corrected chi connectivity index (χ0v) is 18.6. The topological polar surface area (TPSA) is 0 Å². The molecule has 0 amide bonds. The van der Waals surface area contributed by atoms with Crippen molar-refractivity contribution in [3.63, 3.8) is 0 Å².